The van der Waals surface area contributed by atoms with E-state index in [1.807, 2.05) is 0 Å². The lowest BCUT2D eigenvalue weighted by atomic mass is 10.1. The van der Waals surface area contributed by atoms with Crippen LogP contribution >= 0.6 is 0 Å². The van der Waals surface area contributed by atoms with Crippen LogP contribution in [-0.4, -0.2) is 26.1 Å². The molecule has 0 saturated heterocycles. The van der Waals surface area contributed by atoms with Crippen LogP contribution in [0.4, 0.5) is 10.3 Å². The molecule has 0 radical (unpaired) electrons. The molecular formula is C15H12FN5O. The van der Waals surface area contributed by atoms with E-state index in [-0.39, 0.29) is 24.1 Å². The number of pyridine rings is 1. The zero-order valence-corrected chi connectivity index (χ0v) is 11.5. The minimum atomic E-state index is -0.333. The maximum atomic E-state index is 12.8. The van der Waals surface area contributed by atoms with Gasteiger partial charge < -0.3 is 0 Å². The van der Waals surface area contributed by atoms with E-state index in [0.29, 0.717) is 11.4 Å². The number of H-pyrrole nitrogens is 1. The monoisotopic (exact) mass is 297 g/mol. The fourth-order valence-corrected chi connectivity index (χ4v) is 1.91. The number of aromatic nitrogens is 4. The predicted molar refractivity (Wildman–Crippen MR) is 78.3 cm³/mol. The SMILES string of the molecule is O=C(Cc1ccc(F)cc1)Nc1n[nH]c(-c2ccncc2)n1. The van der Waals surface area contributed by atoms with Crippen LogP contribution in [0.15, 0.2) is 48.8 Å². The Bertz CT molecular complexity index is 770. The first-order chi connectivity index (χ1) is 10.7. The quantitative estimate of drug-likeness (QED) is 0.773. The molecule has 0 aliphatic rings. The number of carbonyl (C=O) groups is 1. The third-order valence-electron chi connectivity index (χ3n) is 2.97. The third-order valence-corrected chi connectivity index (χ3v) is 2.97. The van der Waals surface area contributed by atoms with E-state index >= 15 is 0 Å². The van der Waals surface area contributed by atoms with Crippen LogP contribution in [0.2, 0.25) is 0 Å². The average Bonchev–Trinajstić information content (AvgIpc) is 2.99. The van der Waals surface area contributed by atoms with Crippen molar-refractivity contribution >= 4 is 11.9 Å². The molecule has 0 fully saturated rings. The molecule has 6 nitrogen and oxygen atoms in total. The summed E-state index contributed by atoms with van der Waals surface area (Å²) in [6.45, 7) is 0. The second kappa shape index (κ2) is 6.13. The van der Waals surface area contributed by atoms with Gasteiger partial charge in [-0.1, -0.05) is 12.1 Å². The van der Waals surface area contributed by atoms with Gasteiger partial charge in [0.1, 0.15) is 5.82 Å². The number of halogens is 1. The molecule has 1 amide bonds. The minimum absolute atomic E-state index is 0.124. The normalized spacial score (nSPS) is 10.4. The lowest BCUT2D eigenvalue weighted by molar-refractivity contribution is -0.115. The van der Waals surface area contributed by atoms with Crippen LogP contribution in [-0.2, 0) is 11.2 Å². The number of rotatable bonds is 4. The maximum Gasteiger partial charge on any atom is 0.249 e. The number of nitrogens with zero attached hydrogens (tertiary/aromatic N) is 3. The summed E-state index contributed by atoms with van der Waals surface area (Å²) in [5.74, 6) is 0.130. The molecule has 2 N–H and O–H groups in total. The number of aromatic amines is 1. The summed E-state index contributed by atoms with van der Waals surface area (Å²) in [6, 6.07) is 9.33. The van der Waals surface area contributed by atoms with Gasteiger partial charge in [-0.25, -0.2) is 4.39 Å². The second-order valence-corrected chi connectivity index (χ2v) is 4.59. The molecule has 2 heterocycles. The highest BCUT2D eigenvalue weighted by molar-refractivity contribution is 5.90. The highest BCUT2D eigenvalue weighted by atomic mass is 19.1. The van der Waals surface area contributed by atoms with E-state index in [1.54, 1.807) is 36.7 Å². The Kier molecular flexibility index (Phi) is 3.86. The molecule has 0 saturated carbocycles. The van der Waals surface area contributed by atoms with Crippen LogP contribution in [0.5, 0.6) is 0 Å². The van der Waals surface area contributed by atoms with Gasteiger partial charge in [-0.2, -0.15) is 4.98 Å². The summed E-state index contributed by atoms with van der Waals surface area (Å²) in [5.41, 5.74) is 1.53. The number of amides is 1. The third kappa shape index (κ3) is 3.32. The first-order valence-corrected chi connectivity index (χ1v) is 6.58. The van der Waals surface area contributed by atoms with Crippen molar-refractivity contribution in [3.63, 3.8) is 0 Å². The topological polar surface area (TPSA) is 83.6 Å². The van der Waals surface area contributed by atoms with E-state index in [4.69, 9.17) is 0 Å². The Morgan fingerprint density at radius 2 is 1.86 bits per heavy atom. The largest absolute Gasteiger partial charge is 0.293 e. The molecule has 0 bridgehead atoms. The molecule has 0 aliphatic carbocycles. The number of anilines is 1. The molecule has 22 heavy (non-hydrogen) atoms. The van der Waals surface area contributed by atoms with Crippen LogP contribution in [0, 0.1) is 5.82 Å². The van der Waals surface area contributed by atoms with Gasteiger partial charge in [-0.15, -0.1) is 5.10 Å². The van der Waals surface area contributed by atoms with Gasteiger partial charge in [0.25, 0.3) is 0 Å². The Morgan fingerprint density at radius 3 is 2.59 bits per heavy atom. The Morgan fingerprint density at radius 1 is 1.14 bits per heavy atom. The molecule has 3 aromatic rings. The number of carbonyl (C=O) groups excluding carboxylic acids is 1. The van der Waals surface area contributed by atoms with E-state index in [1.165, 1.54) is 12.1 Å². The number of benzene rings is 1. The van der Waals surface area contributed by atoms with Crippen LogP contribution in [0.1, 0.15) is 5.56 Å². The van der Waals surface area contributed by atoms with Crippen molar-refractivity contribution in [2.75, 3.05) is 5.32 Å². The molecule has 2 aromatic heterocycles. The summed E-state index contributed by atoms with van der Waals surface area (Å²) in [5, 5.41) is 9.28. The molecule has 7 heteroatoms. The molecule has 0 unspecified atom stereocenters. The molecule has 0 aliphatic heterocycles. The van der Waals surface area contributed by atoms with Crippen LogP contribution < -0.4 is 5.32 Å². The smallest absolute Gasteiger partial charge is 0.249 e. The van der Waals surface area contributed by atoms with Gasteiger partial charge >= 0.3 is 0 Å². The summed E-state index contributed by atoms with van der Waals surface area (Å²) in [4.78, 5) is 20.0. The second-order valence-electron chi connectivity index (χ2n) is 4.59. The minimum Gasteiger partial charge on any atom is -0.293 e. The first-order valence-electron chi connectivity index (χ1n) is 6.58. The van der Waals surface area contributed by atoms with Crippen molar-refractivity contribution in [3.8, 4) is 11.4 Å². The first kappa shape index (κ1) is 13.9. The number of nitrogens with one attached hydrogen (secondary N) is 2. The predicted octanol–water partition coefficient (Wildman–Crippen LogP) is 2.19. The molecule has 110 valence electrons. The fraction of sp³-hybridized carbons (Fsp3) is 0.0667. The van der Waals surface area contributed by atoms with Crippen molar-refractivity contribution in [1.29, 1.82) is 0 Å². The lowest BCUT2D eigenvalue weighted by Crippen LogP contribution is -2.15. The Balaban J connectivity index is 1.65. The van der Waals surface area contributed by atoms with E-state index in [2.05, 4.69) is 25.5 Å². The molecule has 3 rings (SSSR count). The van der Waals surface area contributed by atoms with Crippen molar-refractivity contribution < 1.29 is 9.18 Å². The summed E-state index contributed by atoms with van der Waals surface area (Å²) >= 11 is 0. The summed E-state index contributed by atoms with van der Waals surface area (Å²) in [7, 11) is 0. The highest BCUT2D eigenvalue weighted by Gasteiger charge is 2.09. The molecular weight excluding hydrogens is 285 g/mol. The molecule has 0 atom stereocenters. The summed E-state index contributed by atoms with van der Waals surface area (Å²) in [6.07, 6.45) is 3.41. The zero-order valence-electron chi connectivity index (χ0n) is 11.5. The van der Waals surface area contributed by atoms with Gasteiger partial charge in [-0.3, -0.25) is 20.2 Å². The lowest BCUT2D eigenvalue weighted by Gasteiger charge is -2.01. The van der Waals surface area contributed by atoms with E-state index in [9.17, 15) is 9.18 Å². The van der Waals surface area contributed by atoms with Gasteiger partial charge in [0.15, 0.2) is 5.82 Å². The Hall–Kier alpha value is -3.09. The van der Waals surface area contributed by atoms with E-state index in [0.717, 1.165) is 5.56 Å². The van der Waals surface area contributed by atoms with Crippen LogP contribution in [0.3, 0.4) is 0 Å². The van der Waals surface area contributed by atoms with Gasteiger partial charge in [0, 0.05) is 18.0 Å². The molecule has 1 aromatic carbocycles. The van der Waals surface area contributed by atoms with Crippen LogP contribution in [0.25, 0.3) is 11.4 Å². The van der Waals surface area contributed by atoms with Crippen molar-refractivity contribution in [2.24, 2.45) is 0 Å². The highest BCUT2D eigenvalue weighted by Crippen LogP contribution is 2.14. The van der Waals surface area contributed by atoms with Crippen molar-refractivity contribution in [2.45, 2.75) is 6.42 Å². The van der Waals surface area contributed by atoms with E-state index < -0.39 is 0 Å². The standard InChI is InChI=1S/C15H12FN5O/c16-12-3-1-10(2-4-12)9-13(22)18-15-19-14(20-21-15)11-5-7-17-8-6-11/h1-8H,9H2,(H2,18,19,20,21,22). The molecule has 0 spiro atoms. The summed E-state index contributed by atoms with van der Waals surface area (Å²) < 4.78 is 12.8. The van der Waals surface area contributed by atoms with Crippen molar-refractivity contribution in [1.82, 2.24) is 20.2 Å². The van der Waals surface area contributed by atoms with Gasteiger partial charge in [-0.05, 0) is 29.8 Å². The zero-order chi connectivity index (χ0) is 15.4. The average molecular weight is 297 g/mol. The van der Waals surface area contributed by atoms with Gasteiger partial charge in [0.05, 0.1) is 6.42 Å². The fourth-order valence-electron chi connectivity index (χ4n) is 1.91. The maximum absolute atomic E-state index is 12.8. The number of hydrogen-bond acceptors (Lipinski definition) is 4. The van der Waals surface area contributed by atoms with Crippen molar-refractivity contribution in [3.05, 3.63) is 60.2 Å². The Labute approximate surface area is 125 Å². The van der Waals surface area contributed by atoms with Gasteiger partial charge in [0.2, 0.25) is 11.9 Å². The number of hydrogen-bond donors (Lipinski definition) is 2.